The summed E-state index contributed by atoms with van der Waals surface area (Å²) < 4.78 is 0. The number of amidine groups is 1. The van der Waals surface area contributed by atoms with Gasteiger partial charge in [-0.2, -0.15) is 0 Å². The van der Waals surface area contributed by atoms with Gasteiger partial charge in [0.15, 0.2) is 5.17 Å². The molecular weight excluding hydrogens is 240 g/mol. The molecule has 92 valence electrons. The molecule has 0 aromatic heterocycles. The van der Waals surface area contributed by atoms with E-state index < -0.39 is 0 Å². The molecule has 0 spiro atoms. The molecule has 1 aliphatic heterocycles. The number of benzene rings is 2. The number of fused-ring (bicyclic) bond motifs is 1. The summed E-state index contributed by atoms with van der Waals surface area (Å²) in [5.41, 5.74) is 1.29. The predicted molar refractivity (Wildman–Crippen MR) is 80.1 cm³/mol. The molecule has 1 atom stereocenters. The molecule has 3 heteroatoms. The Kier molecular flexibility index (Phi) is 3.24. The van der Waals surface area contributed by atoms with Crippen LogP contribution in [0.4, 0.5) is 0 Å². The summed E-state index contributed by atoms with van der Waals surface area (Å²) in [5.74, 6) is 1.12. The van der Waals surface area contributed by atoms with E-state index >= 15 is 0 Å². The third-order valence-corrected chi connectivity index (χ3v) is 4.30. The van der Waals surface area contributed by atoms with Gasteiger partial charge in [-0.3, -0.25) is 4.99 Å². The molecule has 1 N–H and O–H groups in total. The minimum Gasteiger partial charge on any atom is -0.362 e. The lowest BCUT2D eigenvalue weighted by Gasteiger charge is -2.05. The third-order valence-electron chi connectivity index (χ3n) is 3.11. The average Bonchev–Trinajstić information content (AvgIpc) is 2.82. The lowest BCUT2D eigenvalue weighted by Crippen LogP contribution is -2.23. The molecule has 1 aliphatic rings. The smallest absolute Gasteiger partial charge is 0.157 e. The van der Waals surface area contributed by atoms with Crippen LogP contribution >= 0.6 is 11.8 Å². The summed E-state index contributed by atoms with van der Waals surface area (Å²) in [6.45, 7) is 2.94. The fourth-order valence-corrected chi connectivity index (χ4v) is 3.11. The Morgan fingerprint density at radius 2 is 2.06 bits per heavy atom. The zero-order chi connectivity index (χ0) is 12.4. The van der Waals surface area contributed by atoms with Crippen molar-refractivity contribution in [2.75, 3.05) is 5.75 Å². The molecule has 18 heavy (non-hydrogen) atoms. The quantitative estimate of drug-likeness (QED) is 0.890. The van der Waals surface area contributed by atoms with Crippen LogP contribution in [-0.2, 0) is 6.54 Å². The molecule has 0 bridgehead atoms. The minimum atomic E-state index is 0.543. The maximum atomic E-state index is 4.66. The van der Waals surface area contributed by atoms with Crippen molar-refractivity contribution >= 4 is 27.7 Å². The maximum Gasteiger partial charge on any atom is 0.157 e. The van der Waals surface area contributed by atoms with E-state index in [2.05, 4.69) is 59.7 Å². The highest BCUT2D eigenvalue weighted by Crippen LogP contribution is 2.20. The first kappa shape index (κ1) is 11.6. The van der Waals surface area contributed by atoms with Crippen molar-refractivity contribution in [3.05, 3.63) is 48.0 Å². The fraction of sp³-hybridized carbons (Fsp3) is 0.267. The van der Waals surface area contributed by atoms with E-state index in [9.17, 15) is 0 Å². The molecular formula is C15H16N2S. The molecule has 2 nitrogen and oxygen atoms in total. The van der Waals surface area contributed by atoms with Crippen LogP contribution in [-0.4, -0.2) is 17.0 Å². The van der Waals surface area contributed by atoms with Crippen LogP contribution in [0.1, 0.15) is 12.5 Å². The summed E-state index contributed by atoms with van der Waals surface area (Å²) in [6, 6.07) is 15.4. The van der Waals surface area contributed by atoms with E-state index in [-0.39, 0.29) is 0 Å². The van der Waals surface area contributed by atoms with E-state index in [0.29, 0.717) is 6.04 Å². The van der Waals surface area contributed by atoms with E-state index in [1.54, 1.807) is 0 Å². The highest BCUT2D eigenvalue weighted by Gasteiger charge is 2.14. The van der Waals surface area contributed by atoms with Gasteiger partial charge in [-0.1, -0.05) is 54.2 Å². The van der Waals surface area contributed by atoms with Crippen LogP contribution in [0.2, 0.25) is 0 Å². The number of rotatable bonds is 2. The number of hydrogen-bond acceptors (Lipinski definition) is 2. The van der Waals surface area contributed by atoms with Gasteiger partial charge in [-0.25, -0.2) is 0 Å². The van der Waals surface area contributed by atoms with Gasteiger partial charge in [0.1, 0.15) is 0 Å². The topological polar surface area (TPSA) is 24.4 Å². The Morgan fingerprint density at radius 3 is 2.89 bits per heavy atom. The molecule has 0 radical (unpaired) electrons. The Bertz CT molecular complexity index is 587. The van der Waals surface area contributed by atoms with Crippen LogP contribution in [0.15, 0.2) is 47.5 Å². The van der Waals surface area contributed by atoms with Crippen LogP contribution in [0, 0.1) is 0 Å². The van der Waals surface area contributed by atoms with E-state index in [0.717, 1.165) is 17.5 Å². The van der Waals surface area contributed by atoms with Gasteiger partial charge < -0.3 is 5.32 Å². The molecule has 2 aromatic carbocycles. The first-order chi connectivity index (χ1) is 8.83. The molecule has 0 amide bonds. The number of nitrogens with one attached hydrogen (secondary N) is 1. The number of thioether (sulfide) groups is 1. The van der Waals surface area contributed by atoms with Crippen molar-refractivity contribution in [2.24, 2.45) is 4.99 Å². The molecule has 3 rings (SSSR count). The lowest BCUT2D eigenvalue weighted by molar-refractivity contribution is 0.764. The summed E-state index contributed by atoms with van der Waals surface area (Å²) >= 11 is 1.81. The van der Waals surface area contributed by atoms with Gasteiger partial charge in [0.05, 0.1) is 6.54 Å². The van der Waals surface area contributed by atoms with Gasteiger partial charge >= 0.3 is 0 Å². The van der Waals surface area contributed by atoms with Gasteiger partial charge in [-0.05, 0) is 23.3 Å². The summed E-state index contributed by atoms with van der Waals surface area (Å²) in [5, 5.41) is 7.06. The second-order valence-electron chi connectivity index (χ2n) is 4.62. The van der Waals surface area contributed by atoms with Crippen molar-refractivity contribution < 1.29 is 0 Å². The van der Waals surface area contributed by atoms with Crippen LogP contribution in [0.3, 0.4) is 0 Å². The van der Waals surface area contributed by atoms with E-state index in [4.69, 9.17) is 0 Å². The SMILES string of the molecule is CC1CSC(=NCc2cccc3ccccc23)N1. The monoisotopic (exact) mass is 256 g/mol. The number of aliphatic imine (C=N–C) groups is 1. The van der Waals surface area contributed by atoms with Crippen molar-refractivity contribution in [1.82, 2.24) is 5.32 Å². The summed E-state index contributed by atoms with van der Waals surface area (Å²) in [4.78, 5) is 4.66. The van der Waals surface area contributed by atoms with Crippen molar-refractivity contribution in [3.63, 3.8) is 0 Å². The molecule has 2 aromatic rings. The molecule has 0 saturated carbocycles. The second-order valence-corrected chi connectivity index (χ2v) is 5.62. The van der Waals surface area contributed by atoms with Crippen LogP contribution < -0.4 is 5.32 Å². The first-order valence-corrected chi connectivity index (χ1v) is 7.22. The van der Waals surface area contributed by atoms with Gasteiger partial charge in [-0.15, -0.1) is 0 Å². The Hall–Kier alpha value is -1.48. The summed E-state index contributed by atoms with van der Waals surface area (Å²) in [7, 11) is 0. The largest absolute Gasteiger partial charge is 0.362 e. The average molecular weight is 256 g/mol. The van der Waals surface area contributed by atoms with Crippen molar-refractivity contribution in [1.29, 1.82) is 0 Å². The molecule has 1 unspecified atom stereocenters. The van der Waals surface area contributed by atoms with Gasteiger partial charge in [0, 0.05) is 11.8 Å². The zero-order valence-electron chi connectivity index (χ0n) is 10.4. The Labute approximate surface area is 112 Å². The normalized spacial score (nSPS) is 21.4. The van der Waals surface area contributed by atoms with Gasteiger partial charge in [0.25, 0.3) is 0 Å². The molecule has 1 saturated heterocycles. The van der Waals surface area contributed by atoms with Crippen LogP contribution in [0.5, 0.6) is 0 Å². The predicted octanol–water partition coefficient (Wildman–Crippen LogP) is 3.42. The number of nitrogens with zero attached hydrogens (tertiary/aromatic N) is 1. The third kappa shape index (κ3) is 2.36. The molecule has 1 fully saturated rings. The zero-order valence-corrected chi connectivity index (χ0v) is 11.2. The number of hydrogen-bond donors (Lipinski definition) is 1. The highest BCUT2D eigenvalue weighted by molar-refractivity contribution is 8.14. The van der Waals surface area contributed by atoms with Crippen molar-refractivity contribution in [2.45, 2.75) is 19.5 Å². The molecule has 0 aliphatic carbocycles. The first-order valence-electron chi connectivity index (χ1n) is 6.23. The van der Waals surface area contributed by atoms with E-state index in [1.807, 2.05) is 11.8 Å². The van der Waals surface area contributed by atoms with Crippen LogP contribution in [0.25, 0.3) is 10.8 Å². The fourth-order valence-electron chi connectivity index (χ4n) is 2.18. The molecule has 1 heterocycles. The van der Waals surface area contributed by atoms with E-state index in [1.165, 1.54) is 16.3 Å². The Balaban J connectivity index is 1.87. The highest BCUT2D eigenvalue weighted by atomic mass is 32.2. The maximum absolute atomic E-state index is 4.66. The lowest BCUT2D eigenvalue weighted by atomic mass is 10.1. The summed E-state index contributed by atoms with van der Waals surface area (Å²) in [6.07, 6.45) is 0. The minimum absolute atomic E-state index is 0.543. The van der Waals surface area contributed by atoms with Gasteiger partial charge in [0.2, 0.25) is 0 Å². The Morgan fingerprint density at radius 1 is 1.22 bits per heavy atom. The second kappa shape index (κ2) is 5.02. The van der Waals surface area contributed by atoms with Crippen molar-refractivity contribution in [3.8, 4) is 0 Å². The standard InChI is InChI=1S/C15H16N2S/c1-11-10-18-15(17-11)16-9-13-7-4-6-12-5-2-3-8-14(12)13/h2-8,11H,9-10H2,1H3,(H,16,17).